The van der Waals surface area contributed by atoms with Crippen LogP contribution in [0.1, 0.15) is 0 Å². The molecule has 0 bridgehead atoms. The molecule has 1 heterocycles. The average Bonchev–Trinajstić information content (AvgIpc) is 2.81. The van der Waals surface area contributed by atoms with Gasteiger partial charge in [-0.15, -0.1) is 0 Å². The summed E-state index contributed by atoms with van der Waals surface area (Å²) in [4.78, 5) is 9.64. The van der Waals surface area contributed by atoms with Crippen molar-refractivity contribution < 1.29 is 14.1 Å². The van der Waals surface area contributed by atoms with Crippen LogP contribution in [0, 0.1) is 15.9 Å². The molecule has 2 rings (SSSR count). The highest BCUT2D eigenvalue weighted by atomic mass is 19.1. The SMILES string of the molecule is O=[N+]([O-])c1ccc(OCCn2cccn2)cc1F. The molecule has 0 saturated heterocycles. The molecule has 0 saturated carbocycles. The Bertz CT molecular complexity index is 542. The highest BCUT2D eigenvalue weighted by Gasteiger charge is 2.14. The zero-order valence-corrected chi connectivity index (χ0v) is 9.32. The summed E-state index contributed by atoms with van der Waals surface area (Å²) in [7, 11) is 0. The molecule has 0 amide bonds. The molecule has 7 heteroatoms. The largest absolute Gasteiger partial charge is 0.492 e. The lowest BCUT2D eigenvalue weighted by Gasteiger charge is -2.06. The Morgan fingerprint density at radius 1 is 1.50 bits per heavy atom. The summed E-state index contributed by atoms with van der Waals surface area (Å²) in [6, 6.07) is 5.23. The predicted octanol–water partition coefficient (Wildman–Crippen LogP) is 2.01. The van der Waals surface area contributed by atoms with Gasteiger partial charge in [-0.3, -0.25) is 14.8 Å². The number of aromatic nitrogens is 2. The molecule has 0 aliphatic heterocycles. The molecule has 1 aromatic heterocycles. The summed E-state index contributed by atoms with van der Waals surface area (Å²) in [5.41, 5.74) is -0.561. The van der Waals surface area contributed by atoms with Crippen molar-refractivity contribution in [3.05, 3.63) is 52.6 Å². The molecule has 0 aliphatic carbocycles. The third-order valence-corrected chi connectivity index (χ3v) is 2.26. The second kappa shape index (κ2) is 5.26. The van der Waals surface area contributed by atoms with E-state index in [1.807, 2.05) is 0 Å². The van der Waals surface area contributed by atoms with Crippen molar-refractivity contribution >= 4 is 5.69 Å². The highest BCUT2D eigenvalue weighted by molar-refractivity contribution is 5.37. The predicted molar refractivity (Wildman–Crippen MR) is 60.8 cm³/mol. The zero-order chi connectivity index (χ0) is 13.0. The van der Waals surface area contributed by atoms with Gasteiger partial charge >= 0.3 is 5.69 Å². The smallest absolute Gasteiger partial charge is 0.305 e. The van der Waals surface area contributed by atoms with Crippen LogP contribution in [0.15, 0.2) is 36.7 Å². The quantitative estimate of drug-likeness (QED) is 0.602. The maximum Gasteiger partial charge on any atom is 0.305 e. The van der Waals surface area contributed by atoms with Gasteiger partial charge < -0.3 is 4.74 Å². The molecular formula is C11H10FN3O3. The summed E-state index contributed by atoms with van der Waals surface area (Å²) in [5, 5.41) is 14.4. The number of hydrogen-bond acceptors (Lipinski definition) is 4. The number of benzene rings is 1. The van der Waals surface area contributed by atoms with Crippen molar-refractivity contribution in [1.82, 2.24) is 9.78 Å². The summed E-state index contributed by atoms with van der Waals surface area (Å²) >= 11 is 0. The van der Waals surface area contributed by atoms with Crippen LogP contribution in [-0.4, -0.2) is 21.3 Å². The van der Waals surface area contributed by atoms with E-state index < -0.39 is 16.4 Å². The topological polar surface area (TPSA) is 70.2 Å². The van der Waals surface area contributed by atoms with E-state index >= 15 is 0 Å². The molecule has 94 valence electrons. The van der Waals surface area contributed by atoms with E-state index in [1.165, 1.54) is 6.07 Å². The van der Waals surface area contributed by atoms with E-state index in [2.05, 4.69) is 5.10 Å². The van der Waals surface area contributed by atoms with Crippen LogP contribution in [0.5, 0.6) is 5.75 Å². The van der Waals surface area contributed by atoms with Crippen molar-refractivity contribution in [2.75, 3.05) is 6.61 Å². The molecule has 0 N–H and O–H groups in total. The third-order valence-electron chi connectivity index (χ3n) is 2.26. The number of nitro benzene ring substituents is 1. The third kappa shape index (κ3) is 2.82. The van der Waals surface area contributed by atoms with Gasteiger partial charge in [-0.05, 0) is 12.1 Å². The van der Waals surface area contributed by atoms with Crippen LogP contribution in [0.4, 0.5) is 10.1 Å². The first-order chi connectivity index (χ1) is 8.66. The van der Waals surface area contributed by atoms with Crippen molar-refractivity contribution in [2.45, 2.75) is 6.54 Å². The first-order valence-corrected chi connectivity index (χ1v) is 5.21. The van der Waals surface area contributed by atoms with Gasteiger partial charge in [0.1, 0.15) is 12.4 Å². The molecule has 0 unspecified atom stereocenters. The number of rotatable bonds is 5. The van der Waals surface area contributed by atoms with Crippen molar-refractivity contribution in [1.29, 1.82) is 0 Å². The number of halogens is 1. The standard InChI is InChI=1S/C11H10FN3O3/c12-10-8-9(2-3-11(10)15(16)17)18-7-6-14-5-1-4-13-14/h1-5,8H,6-7H2. The fraction of sp³-hybridized carbons (Fsp3) is 0.182. The second-order valence-corrected chi connectivity index (χ2v) is 3.49. The van der Waals surface area contributed by atoms with E-state index in [9.17, 15) is 14.5 Å². The number of ether oxygens (including phenoxy) is 1. The van der Waals surface area contributed by atoms with Crippen LogP contribution < -0.4 is 4.74 Å². The fourth-order valence-electron chi connectivity index (χ4n) is 1.42. The van der Waals surface area contributed by atoms with E-state index in [4.69, 9.17) is 4.74 Å². The lowest BCUT2D eigenvalue weighted by molar-refractivity contribution is -0.387. The molecule has 6 nitrogen and oxygen atoms in total. The van der Waals surface area contributed by atoms with Gasteiger partial charge in [0.25, 0.3) is 0 Å². The van der Waals surface area contributed by atoms with Gasteiger partial charge in [0, 0.05) is 24.5 Å². The maximum absolute atomic E-state index is 13.3. The minimum atomic E-state index is -0.906. The molecule has 0 radical (unpaired) electrons. The van der Waals surface area contributed by atoms with Crippen molar-refractivity contribution in [3.63, 3.8) is 0 Å². The van der Waals surface area contributed by atoms with E-state index in [1.54, 1.807) is 23.1 Å². The summed E-state index contributed by atoms with van der Waals surface area (Å²) < 4.78 is 20.2. The zero-order valence-electron chi connectivity index (χ0n) is 9.32. The van der Waals surface area contributed by atoms with Crippen LogP contribution >= 0.6 is 0 Å². The maximum atomic E-state index is 13.3. The van der Waals surface area contributed by atoms with E-state index in [-0.39, 0.29) is 5.75 Å². The fourth-order valence-corrected chi connectivity index (χ4v) is 1.42. The Labute approximate surface area is 102 Å². The minimum absolute atomic E-state index is 0.255. The Hall–Kier alpha value is -2.44. The molecule has 1 aromatic carbocycles. The molecular weight excluding hydrogens is 241 g/mol. The number of hydrogen-bond donors (Lipinski definition) is 0. The lowest BCUT2D eigenvalue weighted by atomic mass is 10.3. The number of nitro groups is 1. The lowest BCUT2D eigenvalue weighted by Crippen LogP contribution is -2.08. The van der Waals surface area contributed by atoms with E-state index in [0.29, 0.717) is 13.2 Å². The number of nitrogens with zero attached hydrogens (tertiary/aromatic N) is 3. The molecule has 18 heavy (non-hydrogen) atoms. The highest BCUT2D eigenvalue weighted by Crippen LogP contribution is 2.22. The van der Waals surface area contributed by atoms with Crippen LogP contribution in [0.2, 0.25) is 0 Å². The molecule has 0 aliphatic rings. The molecule has 0 fully saturated rings. The molecule has 0 atom stereocenters. The van der Waals surface area contributed by atoms with Gasteiger partial charge in [0.2, 0.25) is 5.82 Å². The Morgan fingerprint density at radius 2 is 2.33 bits per heavy atom. The van der Waals surface area contributed by atoms with Crippen LogP contribution in [0.3, 0.4) is 0 Å². The monoisotopic (exact) mass is 251 g/mol. The van der Waals surface area contributed by atoms with Gasteiger partial charge in [-0.2, -0.15) is 9.49 Å². The Morgan fingerprint density at radius 3 is 2.94 bits per heavy atom. The molecule has 2 aromatic rings. The summed E-state index contributed by atoms with van der Waals surface area (Å²) in [6.07, 6.45) is 3.42. The Kier molecular flexibility index (Phi) is 3.52. The van der Waals surface area contributed by atoms with Crippen LogP contribution in [0.25, 0.3) is 0 Å². The van der Waals surface area contributed by atoms with Gasteiger partial charge in [0.15, 0.2) is 0 Å². The van der Waals surface area contributed by atoms with Crippen LogP contribution in [-0.2, 0) is 6.54 Å². The average molecular weight is 251 g/mol. The normalized spacial score (nSPS) is 10.3. The van der Waals surface area contributed by atoms with Gasteiger partial charge in [0.05, 0.1) is 11.5 Å². The minimum Gasteiger partial charge on any atom is -0.492 e. The van der Waals surface area contributed by atoms with E-state index in [0.717, 1.165) is 12.1 Å². The Balaban J connectivity index is 1.94. The molecule has 0 spiro atoms. The summed E-state index contributed by atoms with van der Waals surface area (Å²) in [5.74, 6) is -0.651. The first-order valence-electron chi connectivity index (χ1n) is 5.21. The van der Waals surface area contributed by atoms with Gasteiger partial charge in [-0.1, -0.05) is 0 Å². The summed E-state index contributed by atoms with van der Waals surface area (Å²) in [6.45, 7) is 0.824. The van der Waals surface area contributed by atoms with Crippen molar-refractivity contribution in [2.24, 2.45) is 0 Å². The van der Waals surface area contributed by atoms with Gasteiger partial charge in [-0.25, -0.2) is 0 Å². The second-order valence-electron chi connectivity index (χ2n) is 3.49. The van der Waals surface area contributed by atoms with Crippen molar-refractivity contribution in [3.8, 4) is 5.75 Å². The first kappa shape index (κ1) is 12.0.